The number of benzene rings is 2. The Morgan fingerprint density at radius 3 is 2.09 bits per heavy atom. The van der Waals surface area contributed by atoms with E-state index in [-0.39, 0.29) is 17.9 Å². The molecule has 174 valence electrons. The third kappa shape index (κ3) is 5.79. The first-order valence-electron chi connectivity index (χ1n) is 11.8. The van der Waals surface area contributed by atoms with Crippen LogP contribution in [0, 0.1) is 17.7 Å². The molecule has 0 N–H and O–H groups in total. The van der Waals surface area contributed by atoms with Gasteiger partial charge in [-0.1, -0.05) is 76.3 Å². The molecule has 0 atom stereocenters. The molecule has 0 radical (unpaired) electrons. The number of carbonyl (C=O) groups excluding carboxylic acids is 1. The van der Waals surface area contributed by atoms with E-state index >= 15 is 4.39 Å². The van der Waals surface area contributed by atoms with Crippen molar-refractivity contribution < 1.29 is 22.4 Å². The van der Waals surface area contributed by atoms with E-state index in [4.69, 9.17) is 0 Å². The van der Waals surface area contributed by atoms with Crippen LogP contribution in [0.2, 0.25) is 0 Å². The molecule has 0 spiro atoms. The number of rotatable bonds is 8. The molecule has 0 saturated heterocycles. The lowest BCUT2D eigenvalue weighted by Crippen LogP contribution is -2.21. The van der Waals surface area contributed by atoms with Gasteiger partial charge in [0.05, 0.1) is 0 Å². The van der Waals surface area contributed by atoms with E-state index in [9.17, 15) is 18.0 Å². The Morgan fingerprint density at radius 2 is 1.53 bits per heavy atom. The van der Waals surface area contributed by atoms with E-state index in [1.807, 2.05) is 6.92 Å². The molecule has 1 aliphatic carbocycles. The summed E-state index contributed by atoms with van der Waals surface area (Å²) >= 11 is 0. The lowest BCUT2D eigenvalue weighted by molar-refractivity contribution is -0.140. The van der Waals surface area contributed by atoms with Crippen molar-refractivity contribution >= 4 is 5.78 Å². The molecule has 0 aliphatic heterocycles. The molecule has 0 aromatic heterocycles. The summed E-state index contributed by atoms with van der Waals surface area (Å²) in [4.78, 5) is 12.8. The number of hydrogen-bond donors (Lipinski definition) is 0. The summed E-state index contributed by atoms with van der Waals surface area (Å²) in [5, 5.41) is 0. The average Bonchev–Trinajstić information content (AvgIpc) is 2.75. The van der Waals surface area contributed by atoms with Crippen molar-refractivity contribution in [1.82, 2.24) is 0 Å². The third-order valence-electron chi connectivity index (χ3n) is 6.67. The molecule has 0 bridgehead atoms. The van der Waals surface area contributed by atoms with Crippen LogP contribution in [0.4, 0.5) is 17.6 Å². The van der Waals surface area contributed by atoms with Crippen molar-refractivity contribution in [3.63, 3.8) is 0 Å². The zero-order chi connectivity index (χ0) is 23.3. The number of halogens is 4. The molecule has 3 rings (SSSR count). The number of aryl methyl sites for hydroxylation is 1. The van der Waals surface area contributed by atoms with Crippen LogP contribution in [0.5, 0.6) is 0 Å². The van der Waals surface area contributed by atoms with Crippen LogP contribution in [-0.4, -0.2) is 5.78 Å². The summed E-state index contributed by atoms with van der Waals surface area (Å²) in [6, 6.07) is 9.36. The van der Waals surface area contributed by atoms with Crippen molar-refractivity contribution in [1.29, 1.82) is 0 Å². The van der Waals surface area contributed by atoms with Gasteiger partial charge in [0.15, 0.2) is 5.78 Å². The van der Waals surface area contributed by atoms with Gasteiger partial charge in [-0.25, -0.2) is 4.39 Å². The van der Waals surface area contributed by atoms with Gasteiger partial charge < -0.3 is 0 Å². The minimum atomic E-state index is -4.94. The zero-order valence-corrected chi connectivity index (χ0v) is 18.9. The van der Waals surface area contributed by atoms with Crippen LogP contribution in [0.25, 0.3) is 11.1 Å². The molecule has 1 saturated carbocycles. The number of ketones is 1. The maximum atomic E-state index is 15.2. The number of hydrogen-bond acceptors (Lipinski definition) is 1. The first kappa shape index (κ1) is 24.5. The van der Waals surface area contributed by atoms with Crippen molar-refractivity contribution in [3.8, 4) is 11.1 Å². The number of Topliss-reactive ketones (excluding diaryl/α,β-unsaturated/α-hetero) is 1. The zero-order valence-electron chi connectivity index (χ0n) is 18.9. The van der Waals surface area contributed by atoms with Crippen molar-refractivity contribution in [2.24, 2.45) is 11.8 Å². The highest BCUT2D eigenvalue weighted by atomic mass is 19.4. The van der Waals surface area contributed by atoms with E-state index < -0.39 is 28.9 Å². The second-order valence-electron chi connectivity index (χ2n) is 9.10. The summed E-state index contributed by atoms with van der Waals surface area (Å²) in [7, 11) is 0. The smallest absolute Gasteiger partial charge is 0.294 e. The van der Waals surface area contributed by atoms with Crippen LogP contribution in [0.3, 0.4) is 0 Å². The number of alkyl halides is 3. The Kier molecular flexibility index (Phi) is 8.13. The second kappa shape index (κ2) is 10.6. The molecular formula is C27H32F4O. The standard InChI is InChI=1S/C27H32F4O/c1-3-5-18-7-9-20(10-8-18)17-24(32)23-16-15-22(26(28)25(23)27(29,30)31)21-13-11-19(6-4-2)12-14-21/h11-16,18,20H,3-10,17H2,1-2H3. The molecule has 2 aromatic rings. The summed E-state index contributed by atoms with van der Waals surface area (Å²) in [5.74, 6) is -1.25. The molecular weight excluding hydrogens is 416 g/mol. The summed E-state index contributed by atoms with van der Waals surface area (Å²) < 4.78 is 56.7. The molecule has 32 heavy (non-hydrogen) atoms. The molecule has 0 amide bonds. The minimum Gasteiger partial charge on any atom is -0.294 e. The van der Waals surface area contributed by atoms with Gasteiger partial charge in [0.2, 0.25) is 0 Å². The van der Waals surface area contributed by atoms with Crippen LogP contribution in [0.1, 0.15) is 86.7 Å². The number of carbonyl (C=O) groups is 1. The van der Waals surface area contributed by atoms with E-state index in [1.54, 1.807) is 24.3 Å². The first-order valence-corrected chi connectivity index (χ1v) is 11.8. The minimum absolute atomic E-state index is 0.0480. The van der Waals surface area contributed by atoms with Gasteiger partial charge in [0.25, 0.3) is 0 Å². The van der Waals surface area contributed by atoms with Crippen LogP contribution >= 0.6 is 0 Å². The van der Waals surface area contributed by atoms with Gasteiger partial charge in [0.1, 0.15) is 11.4 Å². The Morgan fingerprint density at radius 1 is 0.906 bits per heavy atom. The van der Waals surface area contributed by atoms with Gasteiger partial charge in [-0.2, -0.15) is 13.2 Å². The Hall–Kier alpha value is -2.17. The Balaban J connectivity index is 1.85. The molecule has 1 nitrogen and oxygen atoms in total. The van der Waals surface area contributed by atoms with Gasteiger partial charge >= 0.3 is 6.18 Å². The van der Waals surface area contributed by atoms with E-state index in [2.05, 4.69) is 6.92 Å². The largest absolute Gasteiger partial charge is 0.419 e. The highest BCUT2D eigenvalue weighted by Crippen LogP contribution is 2.40. The summed E-state index contributed by atoms with van der Waals surface area (Å²) in [6.07, 6.45) is 2.91. The van der Waals surface area contributed by atoms with Crippen molar-refractivity contribution in [2.45, 2.75) is 77.8 Å². The highest BCUT2D eigenvalue weighted by molar-refractivity contribution is 5.98. The van der Waals surface area contributed by atoms with Gasteiger partial charge in [-0.3, -0.25) is 4.79 Å². The molecule has 1 aliphatic rings. The monoisotopic (exact) mass is 448 g/mol. The second-order valence-corrected chi connectivity index (χ2v) is 9.10. The highest BCUT2D eigenvalue weighted by Gasteiger charge is 2.40. The predicted octanol–water partition coefficient (Wildman–Crippen LogP) is 8.64. The fraction of sp³-hybridized carbons (Fsp3) is 0.519. The average molecular weight is 449 g/mol. The molecule has 0 heterocycles. The third-order valence-corrected chi connectivity index (χ3v) is 6.67. The fourth-order valence-corrected chi connectivity index (χ4v) is 4.95. The quantitative estimate of drug-likeness (QED) is 0.292. The van der Waals surface area contributed by atoms with E-state index in [0.717, 1.165) is 63.0 Å². The Bertz CT molecular complexity index is 906. The topological polar surface area (TPSA) is 17.1 Å². The molecule has 2 aromatic carbocycles. The fourth-order valence-electron chi connectivity index (χ4n) is 4.95. The van der Waals surface area contributed by atoms with Gasteiger partial charge in [0, 0.05) is 17.5 Å². The molecule has 0 unspecified atom stereocenters. The van der Waals surface area contributed by atoms with Gasteiger partial charge in [-0.15, -0.1) is 0 Å². The maximum Gasteiger partial charge on any atom is 0.419 e. The van der Waals surface area contributed by atoms with E-state index in [0.29, 0.717) is 11.5 Å². The SMILES string of the molecule is CCCc1ccc(-c2ccc(C(=O)CC3CCC(CCC)CC3)c(C(F)(F)F)c2F)cc1. The van der Waals surface area contributed by atoms with Gasteiger partial charge in [-0.05, 0) is 48.3 Å². The van der Waals surface area contributed by atoms with E-state index in [1.165, 1.54) is 6.07 Å². The molecule has 5 heteroatoms. The molecule has 1 fully saturated rings. The summed E-state index contributed by atoms with van der Waals surface area (Å²) in [6.45, 7) is 4.18. The van der Waals surface area contributed by atoms with Crippen LogP contribution in [-0.2, 0) is 12.6 Å². The van der Waals surface area contributed by atoms with Crippen molar-refractivity contribution in [3.05, 3.63) is 58.9 Å². The summed E-state index contributed by atoms with van der Waals surface area (Å²) in [5.41, 5.74) is -0.680. The lowest BCUT2D eigenvalue weighted by atomic mass is 9.77. The Labute approximate surface area is 188 Å². The predicted molar refractivity (Wildman–Crippen MR) is 120 cm³/mol. The normalized spacial score (nSPS) is 19.2. The lowest BCUT2D eigenvalue weighted by Gasteiger charge is -2.28. The van der Waals surface area contributed by atoms with Crippen LogP contribution in [0.15, 0.2) is 36.4 Å². The first-order chi connectivity index (χ1) is 15.2. The maximum absolute atomic E-state index is 15.2. The van der Waals surface area contributed by atoms with Crippen LogP contribution < -0.4 is 0 Å². The van der Waals surface area contributed by atoms with Crippen molar-refractivity contribution in [2.75, 3.05) is 0 Å².